The molecular weight excluding hydrogens is 575 g/mol. The minimum absolute atomic E-state index is 0.0591. The van der Waals surface area contributed by atoms with Crippen LogP contribution in [0.15, 0.2) is 72.8 Å². The van der Waals surface area contributed by atoms with E-state index in [0.717, 1.165) is 5.56 Å². The highest BCUT2D eigenvalue weighted by Crippen LogP contribution is 2.25. The largest absolute Gasteiger partial charge is 0.457 e. The Morgan fingerprint density at radius 1 is 0.956 bits per heavy atom. The summed E-state index contributed by atoms with van der Waals surface area (Å²) in [5.41, 5.74) is 1.04. The average Bonchev–Trinajstić information content (AvgIpc) is 3.53. The van der Waals surface area contributed by atoms with Gasteiger partial charge in [0.25, 0.3) is 11.8 Å². The molecule has 45 heavy (non-hydrogen) atoms. The minimum Gasteiger partial charge on any atom is -0.457 e. The molecule has 5 rings (SSSR count). The SMILES string of the molecule is CC(C)[C@@H]1CN(C(=O)c2cccc(Oc3ccccc3)c2)CC(=O)NCCCc2ccc(F)c(c2)C(=O)N2CCC[C@H]2C(=O)N1. The fourth-order valence-corrected chi connectivity index (χ4v) is 5.74. The zero-order valence-electron chi connectivity index (χ0n) is 25.6. The van der Waals surface area contributed by atoms with Gasteiger partial charge >= 0.3 is 0 Å². The van der Waals surface area contributed by atoms with Crippen molar-refractivity contribution < 1.29 is 28.3 Å². The quantitative estimate of drug-likeness (QED) is 0.448. The zero-order chi connectivity index (χ0) is 31.9. The number of benzene rings is 3. The molecule has 3 aromatic carbocycles. The van der Waals surface area contributed by atoms with Gasteiger partial charge in [-0.05, 0) is 79.6 Å². The molecule has 0 aromatic heterocycles. The maximum absolute atomic E-state index is 14.8. The maximum atomic E-state index is 14.8. The molecule has 2 aliphatic rings. The summed E-state index contributed by atoms with van der Waals surface area (Å²) in [7, 11) is 0. The van der Waals surface area contributed by atoms with Crippen LogP contribution < -0.4 is 15.4 Å². The van der Waals surface area contributed by atoms with E-state index in [-0.39, 0.29) is 42.3 Å². The van der Waals surface area contributed by atoms with E-state index in [1.165, 1.54) is 21.9 Å². The third-order valence-corrected chi connectivity index (χ3v) is 8.27. The molecule has 0 aliphatic carbocycles. The van der Waals surface area contributed by atoms with Gasteiger partial charge in [-0.1, -0.05) is 44.2 Å². The predicted octanol–water partition coefficient (Wildman–Crippen LogP) is 4.57. The van der Waals surface area contributed by atoms with Crippen LogP contribution in [0.1, 0.15) is 59.4 Å². The minimum atomic E-state index is -0.767. The number of nitrogens with one attached hydrogen (secondary N) is 2. The molecule has 9 nitrogen and oxygen atoms in total. The lowest BCUT2D eigenvalue weighted by Gasteiger charge is -2.32. The molecule has 10 heteroatoms. The molecule has 0 unspecified atom stereocenters. The second kappa shape index (κ2) is 14.4. The van der Waals surface area contributed by atoms with Gasteiger partial charge in [0.05, 0.1) is 12.1 Å². The second-order valence-corrected chi connectivity index (χ2v) is 11.9. The summed E-state index contributed by atoms with van der Waals surface area (Å²) < 4.78 is 20.7. The molecule has 3 aromatic rings. The van der Waals surface area contributed by atoms with Gasteiger partial charge < -0.3 is 25.2 Å². The van der Waals surface area contributed by atoms with E-state index in [1.54, 1.807) is 30.3 Å². The molecule has 4 amide bonds. The predicted molar refractivity (Wildman–Crippen MR) is 167 cm³/mol. The Balaban J connectivity index is 1.42. The van der Waals surface area contributed by atoms with Gasteiger partial charge in [0.2, 0.25) is 11.8 Å². The summed E-state index contributed by atoms with van der Waals surface area (Å²) in [5, 5.41) is 5.92. The van der Waals surface area contributed by atoms with Gasteiger partial charge in [-0.3, -0.25) is 19.2 Å². The number of hydrogen-bond donors (Lipinski definition) is 2. The molecule has 0 radical (unpaired) electrons. The molecular formula is C35H39FN4O5. The maximum Gasteiger partial charge on any atom is 0.257 e. The summed E-state index contributed by atoms with van der Waals surface area (Å²) in [6.45, 7) is 4.37. The van der Waals surface area contributed by atoms with Crippen LogP contribution in [-0.2, 0) is 16.0 Å². The summed E-state index contributed by atoms with van der Waals surface area (Å²) in [5.74, 6) is -1.24. The lowest BCUT2D eigenvalue weighted by atomic mass is 10.0. The smallest absolute Gasteiger partial charge is 0.257 e. The number of para-hydroxylation sites is 1. The molecule has 0 spiro atoms. The molecule has 2 atom stereocenters. The zero-order valence-corrected chi connectivity index (χ0v) is 25.6. The summed E-state index contributed by atoms with van der Waals surface area (Å²) in [6.07, 6.45) is 2.13. The monoisotopic (exact) mass is 614 g/mol. The number of halogens is 1. The summed E-state index contributed by atoms with van der Waals surface area (Å²) >= 11 is 0. The topological polar surface area (TPSA) is 108 Å². The molecule has 2 bridgehead atoms. The van der Waals surface area contributed by atoms with Crippen LogP contribution >= 0.6 is 0 Å². The van der Waals surface area contributed by atoms with Crippen molar-refractivity contribution in [3.8, 4) is 11.5 Å². The lowest BCUT2D eigenvalue weighted by Crippen LogP contribution is -2.54. The number of nitrogens with zero attached hydrogens (tertiary/aromatic N) is 2. The van der Waals surface area contributed by atoms with Crippen molar-refractivity contribution in [2.24, 2.45) is 5.92 Å². The molecule has 236 valence electrons. The number of amides is 4. The third kappa shape index (κ3) is 7.87. The first kappa shape index (κ1) is 31.7. The number of carbonyl (C=O) groups excluding carboxylic acids is 4. The van der Waals surface area contributed by atoms with Crippen molar-refractivity contribution >= 4 is 23.6 Å². The molecule has 1 fully saturated rings. The number of aryl methyl sites for hydroxylation is 1. The van der Waals surface area contributed by atoms with Crippen LogP contribution in [0.2, 0.25) is 0 Å². The highest BCUT2D eigenvalue weighted by atomic mass is 19.1. The standard InChI is InChI=1S/C35H39FN4O5/c1-23(2)30-21-39(34(43)25-10-6-13-27(20-25)45-26-11-4-3-5-12-26)22-32(41)37-17-7-9-24-15-16-29(36)28(19-24)35(44)40-18-8-14-31(40)33(42)38-30/h3-6,10-13,15-16,19-20,23,30-31H,7-9,14,17-18,21-22H2,1-2H3,(H,37,41)(H,38,42)/t30-,31-/m0/s1. The first-order chi connectivity index (χ1) is 21.7. The van der Waals surface area contributed by atoms with Crippen LogP contribution in [0.25, 0.3) is 0 Å². The molecule has 2 aliphatic heterocycles. The molecule has 0 saturated carbocycles. The Labute approximate surface area is 262 Å². The van der Waals surface area contributed by atoms with Crippen LogP contribution in [0.4, 0.5) is 4.39 Å². The van der Waals surface area contributed by atoms with Gasteiger partial charge in [0, 0.05) is 31.2 Å². The van der Waals surface area contributed by atoms with E-state index >= 15 is 0 Å². The van der Waals surface area contributed by atoms with Gasteiger partial charge in [0.1, 0.15) is 23.4 Å². The third-order valence-electron chi connectivity index (χ3n) is 8.27. The van der Waals surface area contributed by atoms with Crippen molar-refractivity contribution in [2.75, 3.05) is 26.2 Å². The number of ether oxygens (including phenoxy) is 1. The van der Waals surface area contributed by atoms with Crippen LogP contribution in [0, 0.1) is 11.7 Å². The first-order valence-electron chi connectivity index (χ1n) is 15.5. The van der Waals surface area contributed by atoms with E-state index in [2.05, 4.69) is 10.6 Å². The highest BCUT2D eigenvalue weighted by molar-refractivity contribution is 5.99. The average molecular weight is 615 g/mol. The Morgan fingerprint density at radius 3 is 2.51 bits per heavy atom. The molecule has 1 saturated heterocycles. The van der Waals surface area contributed by atoms with Crippen molar-refractivity contribution in [3.05, 3.63) is 95.3 Å². The summed E-state index contributed by atoms with van der Waals surface area (Å²) in [4.78, 5) is 57.1. The van der Waals surface area contributed by atoms with Gasteiger partial charge in [0.15, 0.2) is 0 Å². The van der Waals surface area contributed by atoms with Gasteiger partial charge in [-0.2, -0.15) is 0 Å². The first-order valence-corrected chi connectivity index (χ1v) is 15.5. The number of fused-ring (bicyclic) bond motifs is 3. The fraction of sp³-hybridized carbons (Fsp3) is 0.371. The fourth-order valence-electron chi connectivity index (χ4n) is 5.74. The van der Waals surface area contributed by atoms with Crippen LogP contribution in [-0.4, -0.2) is 71.7 Å². The van der Waals surface area contributed by atoms with Crippen molar-refractivity contribution in [3.63, 3.8) is 0 Å². The highest BCUT2D eigenvalue weighted by Gasteiger charge is 2.37. The summed E-state index contributed by atoms with van der Waals surface area (Å²) in [6, 6.07) is 19.1. The van der Waals surface area contributed by atoms with Crippen molar-refractivity contribution in [2.45, 2.75) is 51.6 Å². The molecule has 2 N–H and O–H groups in total. The van der Waals surface area contributed by atoms with Crippen LogP contribution in [0.5, 0.6) is 11.5 Å². The number of hydrogen-bond acceptors (Lipinski definition) is 5. The Hall–Kier alpha value is -4.73. The van der Waals surface area contributed by atoms with Gasteiger partial charge in [-0.15, -0.1) is 0 Å². The Morgan fingerprint density at radius 2 is 1.73 bits per heavy atom. The van der Waals surface area contributed by atoms with E-state index in [4.69, 9.17) is 4.74 Å². The van der Waals surface area contributed by atoms with Crippen LogP contribution in [0.3, 0.4) is 0 Å². The van der Waals surface area contributed by atoms with E-state index in [0.29, 0.717) is 55.8 Å². The van der Waals surface area contributed by atoms with E-state index in [9.17, 15) is 23.6 Å². The molecule has 2 heterocycles. The van der Waals surface area contributed by atoms with Gasteiger partial charge in [-0.25, -0.2) is 4.39 Å². The normalized spacial score (nSPS) is 19.9. The second-order valence-electron chi connectivity index (χ2n) is 11.9. The number of carbonyl (C=O) groups is 4. The lowest BCUT2D eigenvalue weighted by molar-refractivity contribution is -0.126. The Kier molecular flexibility index (Phi) is 10.1. The Bertz CT molecular complexity index is 1550. The van der Waals surface area contributed by atoms with E-state index in [1.807, 2.05) is 44.2 Å². The van der Waals surface area contributed by atoms with Crippen molar-refractivity contribution in [1.82, 2.24) is 20.4 Å². The van der Waals surface area contributed by atoms with Crippen molar-refractivity contribution in [1.29, 1.82) is 0 Å². The van der Waals surface area contributed by atoms with E-state index < -0.39 is 23.8 Å². The number of rotatable bonds is 4.